The predicted molar refractivity (Wildman–Crippen MR) is 344 cm³/mol. The van der Waals surface area contributed by atoms with Gasteiger partial charge in [-0.2, -0.15) is 0 Å². The van der Waals surface area contributed by atoms with Crippen LogP contribution in [0.3, 0.4) is 0 Å². The number of fused-ring (bicyclic) bond motifs is 3. The lowest BCUT2D eigenvalue weighted by molar-refractivity contribution is -0.168. The molecule has 10 heteroatoms. The molecule has 1 amide bonds. The SMILES string of the molecule is C[C@]12CC3C[C@](c4ccc(C5C6CC7(C(=O)N[C@H]8CC[C@H](N)CC8)CC(c8ccccc8)(C6)CC5(CCl)C7)cc4)(CC(C(=S)N[C@H]4CC[C@@H](N)CC4)(C1)C3C[C@@]13CC4CC(C(=S)N[C@H]5CN6CCC5CC6)(C1)C[C@](c1ccccc1)(C4)C3)C2. The number of carbonyl (C=O) groups excluding carboxylic acids is 1. The first-order valence-electron chi connectivity index (χ1n) is 33.9. The fraction of sp³-hybridized carbons (Fsp3) is 0.712. The zero-order valence-corrected chi connectivity index (χ0v) is 52.4. The Bertz CT molecular complexity index is 3010. The lowest BCUT2D eigenvalue weighted by atomic mass is 9.32. The molecule has 7 nitrogen and oxygen atoms in total. The number of hydrogen-bond donors (Lipinski definition) is 5. The van der Waals surface area contributed by atoms with Crippen molar-refractivity contribution in [2.24, 2.45) is 73.5 Å². The van der Waals surface area contributed by atoms with Crippen molar-refractivity contribution < 1.29 is 4.79 Å². The molecule has 14 aliphatic carbocycles. The van der Waals surface area contributed by atoms with Crippen LogP contribution in [0.4, 0.5) is 0 Å². The van der Waals surface area contributed by atoms with E-state index in [9.17, 15) is 0 Å². The second-order valence-electron chi connectivity index (χ2n) is 33.3. The Morgan fingerprint density at radius 1 is 0.566 bits per heavy atom. The first-order valence-corrected chi connectivity index (χ1v) is 35.3. The molecular formula is C73H97ClN6OS2. The number of thiocarbonyl (C=S) groups is 2. The van der Waals surface area contributed by atoms with Gasteiger partial charge in [-0.15, -0.1) is 11.6 Å². The Hall–Kier alpha value is -2.92. The summed E-state index contributed by atoms with van der Waals surface area (Å²) in [6.45, 7) is 6.37. The first-order chi connectivity index (χ1) is 40.0. The van der Waals surface area contributed by atoms with Gasteiger partial charge in [0.05, 0.1) is 15.4 Å². The van der Waals surface area contributed by atoms with E-state index in [0.717, 1.165) is 102 Å². The van der Waals surface area contributed by atoms with Crippen LogP contribution in [0.25, 0.3) is 0 Å². The molecular weight excluding hydrogens is 1080 g/mol. The molecule has 20 rings (SSSR count). The van der Waals surface area contributed by atoms with Crippen LogP contribution < -0.4 is 27.4 Å². The lowest BCUT2D eigenvalue weighted by Gasteiger charge is -2.72. The van der Waals surface area contributed by atoms with Gasteiger partial charge in [-0.05, 0) is 277 Å². The standard InChI is InChI=1S/C73H97ClN6OS2/c1-65-31-50-32-68(37-65,54-14-12-49(13-15-54)61-51-33-69(53-10-6-3-7-11-53)41-70(34-51,44-72(61,43-69)46-74)62(81)77-57-20-16-55(75)17-21-57)45-73(38-65,64(83)78-58-22-18-56(76)19-23-58)59(50)35-66-28-47-29-67(39-66,52-8-4-2-5-9-52)42-71(30-47,40-66)63(82)79-60-36-80-26-24-48(60)25-27-80/h2-15,47-48,50-51,55-61H,16-46,75-76H2,1H3,(H,77,81)(H,78,83)(H,79,82)/t47?,50?,51?,55-,56-,57-,58+,59?,60-,61?,65+,66+,67-,68+,69?,70?,71?,72?,73?/m0/s1. The van der Waals surface area contributed by atoms with E-state index in [1.54, 1.807) is 11.1 Å². The van der Waals surface area contributed by atoms with Gasteiger partial charge in [-0.25, -0.2) is 0 Å². The molecule has 83 heavy (non-hydrogen) atoms. The van der Waals surface area contributed by atoms with E-state index in [1.165, 1.54) is 118 Å². The second-order valence-corrected chi connectivity index (χ2v) is 34.4. The molecule has 3 aromatic rings. The molecule has 3 aromatic carbocycles. The van der Waals surface area contributed by atoms with Gasteiger partial charge in [0.1, 0.15) is 0 Å². The topological polar surface area (TPSA) is 108 Å². The van der Waals surface area contributed by atoms with Crippen LogP contribution in [-0.4, -0.2) is 76.5 Å². The molecule has 444 valence electrons. The number of carbonyl (C=O) groups is 1. The lowest BCUT2D eigenvalue weighted by Crippen LogP contribution is -2.68. The molecule has 17 fully saturated rings. The average Bonchev–Trinajstić information content (AvgIpc) is 0.813. The number of rotatable bonds is 13. The summed E-state index contributed by atoms with van der Waals surface area (Å²) in [5.74, 6) is 4.21. The summed E-state index contributed by atoms with van der Waals surface area (Å²) in [5, 5.41) is 12.2. The number of piperidine rings is 3. The van der Waals surface area contributed by atoms with E-state index in [1.807, 2.05) is 0 Å². The maximum absolute atomic E-state index is 15.1. The zero-order valence-electron chi connectivity index (χ0n) is 50.1. The maximum Gasteiger partial charge on any atom is 0.226 e. The minimum atomic E-state index is -0.410. The average molecular weight is 1170 g/mol. The van der Waals surface area contributed by atoms with Crippen molar-refractivity contribution in [3.05, 3.63) is 107 Å². The van der Waals surface area contributed by atoms with E-state index in [-0.39, 0.29) is 55.4 Å². The third-order valence-corrected chi connectivity index (χ3v) is 29.3. The minimum Gasteiger partial charge on any atom is -0.376 e. The molecule has 10 unspecified atom stereocenters. The monoisotopic (exact) mass is 1170 g/mol. The molecule has 15 atom stereocenters. The number of hydrogen-bond acceptors (Lipinski definition) is 6. The highest BCUT2D eigenvalue weighted by Crippen LogP contribution is 2.79. The van der Waals surface area contributed by atoms with Crippen molar-refractivity contribution in [1.82, 2.24) is 20.9 Å². The van der Waals surface area contributed by atoms with Crippen LogP contribution in [0, 0.1) is 62.1 Å². The molecule has 7 N–H and O–H groups in total. The van der Waals surface area contributed by atoms with Crippen LogP contribution >= 0.6 is 36.0 Å². The molecule has 17 aliphatic rings. The van der Waals surface area contributed by atoms with Crippen molar-refractivity contribution >= 4 is 51.9 Å². The van der Waals surface area contributed by atoms with Gasteiger partial charge >= 0.3 is 0 Å². The smallest absolute Gasteiger partial charge is 0.226 e. The molecule has 14 saturated carbocycles. The number of halogens is 1. The Balaban J connectivity index is 0.732. The summed E-state index contributed by atoms with van der Waals surface area (Å²) in [4.78, 5) is 20.2. The summed E-state index contributed by atoms with van der Waals surface area (Å²) in [6.07, 6.45) is 31.1. The van der Waals surface area contributed by atoms with Crippen LogP contribution in [0.1, 0.15) is 208 Å². The molecule has 14 bridgehead atoms. The third kappa shape index (κ3) is 8.88. The van der Waals surface area contributed by atoms with E-state index >= 15 is 4.79 Å². The van der Waals surface area contributed by atoms with Crippen LogP contribution in [0.15, 0.2) is 84.9 Å². The molecule has 0 aromatic heterocycles. The Labute approximate surface area is 513 Å². The van der Waals surface area contributed by atoms with Gasteiger partial charge in [-0.3, -0.25) is 4.79 Å². The minimum absolute atomic E-state index is 0.0444. The van der Waals surface area contributed by atoms with Gasteiger partial charge in [0.2, 0.25) is 5.91 Å². The summed E-state index contributed by atoms with van der Waals surface area (Å²) >= 11 is 21.6. The predicted octanol–water partition coefficient (Wildman–Crippen LogP) is 13.9. The van der Waals surface area contributed by atoms with E-state index in [0.29, 0.717) is 59.5 Å². The van der Waals surface area contributed by atoms with Crippen molar-refractivity contribution in [2.45, 2.75) is 233 Å². The molecule has 3 saturated heterocycles. The van der Waals surface area contributed by atoms with E-state index in [2.05, 4.69) is 113 Å². The number of alkyl halides is 1. The summed E-state index contributed by atoms with van der Waals surface area (Å²) in [6, 6.07) is 35.3. The van der Waals surface area contributed by atoms with Crippen molar-refractivity contribution in [3.8, 4) is 0 Å². The van der Waals surface area contributed by atoms with E-state index < -0.39 is 5.41 Å². The fourth-order valence-electron chi connectivity index (χ4n) is 25.9. The zero-order chi connectivity index (χ0) is 56.4. The van der Waals surface area contributed by atoms with Gasteiger partial charge in [0, 0.05) is 53.5 Å². The highest BCUT2D eigenvalue weighted by Gasteiger charge is 2.73. The van der Waals surface area contributed by atoms with Crippen LogP contribution in [0.5, 0.6) is 0 Å². The Morgan fingerprint density at radius 3 is 1.83 bits per heavy atom. The molecule has 0 radical (unpaired) electrons. The number of amides is 1. The molecule has 3 heterocycles. The normalized spacial score (nSPS) is 48.5. The number of benzene rings is 3. The molecule has 3 aliphatic heterocycles. The number of nitrogens with zero attached hydrogens (tertiary/aromatic N) is 1. The van der Waals surface area contributed by atoms with Crippen molar-refractivity contribution in [3.63, 3.8) is 0 Å². The van der Waals surface area contributed by atoms with E-state index in [4.69, 9.17) is 47.5 Å². The third-order valence-electron chi connectivity index (χ3n) is 27.7. The number of nitrogens with two attached hydrogens (primary N) is 2. The van der Waals surface area contributed by atoms with Crippen molar-refractivity contribution in [1.29, 1.82) is 0 Å². The quantitative estimate of drug-likeness (QED) is 0.0851. The van der Waals surface area contributed by atoms with Gasteiger partial charge in [-0.1, -0.05) is 116 Å². The Kier molecular flexibility index (Phi) is 13.2. The van der Waals surface area contributed by atoms with Gasteiger partial charge in [0.15, 0.2) is 0 Å². The highest BCUT2D eigenvalue weighted by molar-refractivity contribution is 7.80. The van der Waals surface area contributed by atoms with Crippen LogP contribution in [-0.2, 0) is 21.0 Å². The Morgan fingerprint density at radius 2 is 1.18 bits per heavy atom. The van der Waals surface area contributed by atoms with Crippen LogP contribution in [0.2, 0.25) is 0 Å². The fourth-order valence-corrected chi connectivity index (χ4v) is 27.1. The number of nitrogens with one attached hydrogen (secondary N) is 3. The second kappa shape index (κ2) is 19.8. The summed E-state index contributed by atoms with van der Waals surface area (Å²) in [7, 11) is 0. The highest BCUT2D eigenvalue weighted by atomic mass is 35.5. The molecule has 0 spiro atoms. The van der Waals surface area contributed by atoms with Crippen molar-refractivity contribution in [2.75, 3.05) is 25.5 Å². The maximum atomic E-state index is 15.1. The largest absolute Gasteiger partial charge is 0.376 e. The van der Waals surface area contributed by atoms with Gasteiger partial charge in [0.25, 0.3) is 0 Å². The summed E-state index contributed by atoms with van der Waals surface area (Å²) in [5.41, 5.74) is 19.0. The summed E-state index contributed by atoms with van der Waals surface area (Å²) < 4.78 is 0. The first kappa shape index (κ1) is 55.4. The van der Waals surface area contributed by atoms with Gasteiger partial charge < -0.3 is 32.3 Å².